The smallest absolute Gasteiger partial charge is 0.339 e. The van der Waals surface area contributed by atoms with Crippen LogP contribution in [0.5, 0.6) is 11.5 Å². The Kier molecular flexibility index (Phi) is 5.95. The van der Waals surface area contributed by atoms with Crippen molar-refractivity contribution in [1.29, 1.82) is 0 Å². The molecule has 0 fully saturated rings. The molecule has 2 aromatic carbocycles. The Morgan fingerprint density at radius 2 is 1.83 bits per heavy atom. The van der Waals surface area contributed by atoms with Crippen molar-refractivity contribution in [1.82, 2.24) is 4.72 Å². The normalized spacial score (nSPS) is 16.1. The Morgan fingerprint density at radius 1 is 1.14 bits per heavy atom. The fourth-order valence-electron chi connectivity index (χ4n) is 3.13. The molecule has 29 heavy (non-hydrogen) atoms. The molecule has 0 spiro atoms. The van der Waals surface area contributed by atoms with E-state index in [9.17, 15) is 13.2 Å². The Hall–Kier alpha value is -2.84. The molecule has 0 amide bonds. The second-order valence-electron chi connectivity index (χ2n) is 6.54. The summed E-state index contributed by atoms with van der Waals surface area (Å²) in [5, 5.41) is 0. The highest BCUT2D eigenvalue weighted by atomic mass is 32.2. The molecule has 0 radical (unpaired) electrons. The van der Waals surface area contributed by atoms with E-state index in [1.807, 2.05) is 6.92 Å². The Labute approximate surface area is 170 Å². The van der Waals surface area contributed by atoms with Gasteiger partial charge in [-0.3, -0.25) is 0 Å². The highest BCUT2D eigenvalue weighted by molar-refractivity contribution is 7.89. The third-order valence-electron chi connectivity index (χ3n) is 4.56. The summed E-state index contributed by atoms with van der Waals surface area (Å²) >= 11 is 0. The van der Waals surface area contributed by atoms with Crippen LogP contribution in [0.25, 0.3) is 0 Å². The minimum Gasteiger partial charge on any atom is -0.493 e. The van der Waals surface area contributed by atoms with E-state index in [1.165, 1.54) is 19.2 Å². The summed E-state index contributed by atoms with van der Waals surface area (Å²) in [5.41, 5.74) is 1.50. The van der Waals surface area contributed by atoms with E-state index >= 15 is 0 Å². The third kappa shape index (κ3) is 4.13. The first kappa shape index (κ1) is 20.9. The van der Waals surface area contributed by atoms with Gasteiger partial charge in [0.2, 0.25) is 10.0 Å². The molecule has 3 rings (SSSR count). The van der Waals surface area contributed by atoms with Crippen LogP contribution in [0.2, 0.25) is 0 Å². The number of nitrogens with one attached hydrogen (secondary N) is 1. The molecule has 0 bridgehead atoms. The summed E-state index contributed by atoms with van der Waals surface area (Å²) in [5.74, 6) is 0.397. The summed E-state index contributed by atoms with van der Waals surface area (Å²) in [6.07, 6.45) is 0. The average molecular weight is 417 g/mol. The Balaban J connectivity index is 2.11. The lowest BCUT2D eigenvalue weighted by Gasteiger charge is -2.29. The van der Waals surface area contributed by atoms with Crippen molar-refractivity contribution in [3.05, 3.63) is 64.9 Å². The first-order valence-electron chi connectivity index (χ1n) is 9.10. The predicted molar refractivity (Wildman–Crippen MR) is 107 cm³/mol. The topological polar surface area (TPSA) is 90.9 Å². The number of allylic oxidation sites excluding steroid dienone is 1. The van der Waals surface area contributed by atoms with Crippen molar-refractivity contribution < 1.29 is 27.4 Å². The number of methoxy groups -OCH3 is 1. The van der Waals surface area contributed by atoms with Crippen molar-refractivity contribution in [3.8, 4) is 11.5 Å². The molecule has 1 aliphatic heterocycles. The van der Waals surface area contributed by atoms with Crippen molar-refractivity contribution in [3.63, 3.8) is 0 Å². The lowest BCUT2D eigenvalue weighted by atomic mass is 9.95. The van der Waals surface area contributed by atoms with Crippen LogP contribution in [0.3, 0.4) is 0 Å². The zero-order valence-electron chi connectivity index (χ0n) is 16.7. The van der Waals surface area contributed by atoms with E-state index in [1.54, 1.807) is 44.2 Å². The SMILES string of the molecule is CCOC(=O)C1=C(C)Oc2c(OC)cccc2[C@H]1NS(=O)(=O)c1ccc(C)cc1. The summed E-state index contributed by atoms with van der Waals surface area (Å²) in [7, 11) is -2.44. The number of esters is 1. The summed E-state index contributed by atoms with van der Waals surface area (Å²) < 4.78 is 45.0. The maximum Gasteiger partial charge on any atom is 0.339 e. The van der Waals surface area contributed by atoms with Gasteiger partial charge in [0.1, 0.15) is 5.76 Å². The number of aryl methyl sites for hydroxylation is 1. The second-order valence-corrected chi connectivity index (χ2v) is 8.25. The molecule has 0 unspecified atom stereocenters. The maximum atomic E-state index is 13.1. The van der Waals surface area contributed by atoms with Crippen LogP contribution >= 0.6 is 0 Å². The van der Waals surface area contributed by atoms with Gasteiger partial charge in [0.25, 0.3) is 0 Å². The highest BCUT2D eigenvalue weighted by Crippen LogP contribution is 2.44. The minimum atomic E-state index is -3.93. The van der Waals surface area contributed by atoms with Gasteiger partial charge in [-0.1, -0.05) is 29.8 Å². The molecule has 1 N–H and O–H groups in total. The molecule has 2 aromatic rings. The molecular weight excluding hydrogens is 394 g/mol. The van der Waals surface area contributed by atoms with Gasteiger partial charge < -0.3 is 14.2 Å². The minimum absolute atomic E-state index is 0.0971. The first-order chi connectivity index (χ1) is 13.8. The Morgan fingerprint density at radius 3 is 2.45 bits per heavy atom. The molecule has 154 valence electrons. The molecule has 1 atom stereocenters. The standard InChI is InChI=1S/C21H23NO6S/c1-5-27-21(23)18-14(3)28-20-16(7-6-8-17(20)26-4)19(18)22-29(24,25)15-11-9-13(2)10-12-15/h6-12,19,22H,5H2,1-4H3/t19-/m1/s1. The number of para-hydroxylation sites is 1. The number of ether oxygens (including phenoxy) is 3. The number of hydrogen-bond acceptors (Lipinski definition) is 6. The first-order valence-corrected chi connectivity index (χ1v) is 10.6. The molecule has 0 saturated heterocycles. The quantitative estimate of drug-likeness (QED) is 0.726. The maximum absolute atomic E-state index is 13.1. The summed E-state index contributed by atoms with van der Waals surface area (Å²) in [4.78, 5) is 12.7. The van der Waals surface area contributed by atoms with Crippen molar-refractivity contribution in [2.24, 2.45) is 0 Å². The molecule has 0 aromatic heterocycles. The van der Waals surface area contributed by atoms with E-state index in [2.05, 4.69) is 4.72 Å². The number of carbonyl (C=O) groups is 1. The van der Waals surface area contributed by atoms with E-state index in [-0.39, 0.29) is 22.8 Å². The van der Waals surface area contributed by atoms with Gasteiger partial charge in [-0.2, -0.15) is 4.72 Å². The zero-order chi connectivity index (χ0) is 21.2. The summed E-state index contributed by atoms with van der Waals surface area (Å²) in [6.45, 7) is 5.29. The van der Waals surface area contributed by atoms with Gasteiger partial charge in [-0.25, -0.2) is 13.2 Å². The number of benzene rings is 2. The average Bonchev–Trinajstić information content (AvgIpc) is 2.67. The summed E-state index contributed by atoms with van der Waals surface area (Å²) in [6, 6.07) is 10.6. The van der Waals surface area contributed by atoms with E-state index < -0.39 is 22.0 Å². The molecular formula is C21H23NO6S. The second kappa shape index (κ2) is 8.26. The van der Waals surface area contributed by atoms with Gasteiger partial charge in [0.05, 0.1) is 30.2 Å². The van der Waals surface area contributed by atoms with Crippen molar-refractivity contribution in [2.45, 2.75) is 31.7 Å². The van der Waals surface area contributed by atoms with Gasteiger partial charge in [0, 0.05) is 5.56 Å². The molecule has 1 heterocycles. The van der Waals surface area contributed by atoms with Crippen LogP contribution in [0.4, 0.5) is 0 Å². The number of sulfonamides is 1. The molecule has 7 nitrogen and oxygen atoms in total. The number of rotatable bonds is 6. The van der Waals surface area contributed by atoms with Crippen molar-refractivity contribution >= 4 is 16.0 Å². The molecule has 0 saturated carbocycles. The van der Waals surface area contributed by atoms with Crippen LogP contribution in [-0.2, 0) is 19.6 Å². The lowest BCUT2D eigenvalue weighted by molar-refractivity contribution is -0.139. The van der Waals surface area contributed by atoms with Crippen LogP contribution in [-0.4, -0.2) is 28.1 Å². The molecule has 0 aliphatic carbocycles. The molecule has 8 heteroatoms. The predicted octanol–water partition coefficient (Wildman–Crippen LogP) is 3.25. The number of fused-ring (bicyclic) bond motifs is 1. The largest absolute Gasteiger partial charge is 0.493 e. The zero-order valence-corrected chi connectivity index (χ0v) is 17.5. The fraction of sp³-hybridized carbons (Fsp3) is 0.286. The highest BCUT2D eigenvalue weighted by Gasteiger charge is 2.37. The van der Waals surface area contributed by atoms with Crippen LogP contribution in [0.1, 0.15) is 31.0 Å². The van der Waals surface area contributed by atoms with E-state index in [0.717, 1.165) is 5.56 Å². The number of hydrogen-bond donors (Lipinski definition) is 1. The van der Waals surface area contributed by atoms with E-state index in [4.69, 9.17) is 14.2 Å². The monoisotopic (exact) mass is 417 g/mol. The molecule has 1 aliphatic rings. The van der Waals surface area contributed by atoms with Crippen LogP contribution in [0, 0.1) is 6.92 Å². The van der Waals surface area contributed by atoms with Crippen LogP contribution in [0.15, 0.2) is 58.7 Å². The Bertz CT molecular complexity index is 1060. The third-order valence-corrected chi connectivity index (χ3v) is 6.00. The van der Waals surface area contributed by atoms with Gasteiger partial charge >= 0.3 is 5.97 Å². The van der Waals surface area contributed by atoms with Crippen molar-refractivity contribution in [2.75, 3.05) is 13.7 Å². The fourth-order valence-corrected chi connectivity index (χ4v) is 4.32. The lowest BCUT2D eigenvalue weighted by Crippen LogP contribution is -2.35. The van der Waals surface area contributed by atoms with Gasteiger partial charge in [0.15, 0.2) is 11.5 Å². The van der Waals surface area contributed by atoms with Gasteiger partial charge in [-0.05, 0) is 39.0 Å². The number of carbonyl (C=O) groups excluding carboxylic acids is 1. The van der Waals surface area contributed by atoms with E-state index in [0.29, 0.717) is 17.1 Å². The van der Waals surface area contributed by atoms with Gasteiger partial charge in [-0.15, -0.1) is 0 Å². The van der Waals surface area contributed by atoms with Crippen LogP contribution < -0.4 is 14.2 Å².